The van der Waals surface area contributed by atoms with Gasteiger partial charge in [0.25, 0.3) is 0 Å². The molecule has 1 rings (SSSR count). The van der Waals surface area contributed by atoms with E-state index in [4.69, 9.17) is 5.84 Å². The van der Waals surface area contributed by atoms with Gasteiger partial charge in [-0.05, 0) is 26.0 Å². The summed E-state index contributed by atoms with van der Waals surface area (Å²) in [5, 5.41) is 0.737. The van der Waals surface area contributed by atoms with Crippen molar-refractivity contribution in [3.63, 3.8) is 0 Å². The standard InChI is InChI=1S/C9H13N3S/c1-3-5-7-8(6-4-2)13-9(11-7)12-10/h3-6H,10H2,1-2H3,(H,11,12)/b5-3-,6-4-. The Hall–Kier alpha value is -1.13. The lowest BCUT2D eigenvalue weighted by Gasteiger charge is -1.86. The summed E-state index contributed by atoms with van der Waals surface area (Å²) in [4.78, 5) is 5.40. The van der Waals surface area contributed by atoms with Crippen LogP contribution in [0, 0.1) is 0 Å². The van der Waals surface area contributed by atoms with Crippen molar-refractivity contribution in [2.24, 2.45) is 5.84 Å². The third kappa shape index (κ3) is 2.40. The smallest absolute Gasteiger partial charge is 0.198 e. The molecule has 1 heterocycles. The second kappa shape index (κ2) is 4.79. The van der Waals surface area contributed by atoms with Crippen molar-refractivity contribution < 1.29 is 0 Å². The lowest BCUT2D eigenvalue weighted by molar-refractivity contribution is 1.27. The van der Waals surface area contributed by atoms with Gasteiger partial charge in [-0.3, -0.25) is 5.43 Å². The average Bonchev–Trinajstić information content (AvgIpc) is 2.50. The Morgan fingerprint density at radius 1 is 1.31 bits per heavy atom. The summed E-state index contributed by atoms with van der Waals surface area (Å²) in [5.74, 6) is 5.27. The van der Waals surface area contributed by atoms with Crippen molar-refractivity contribution in [3.05, 3.63) is 22.7 Å². The number of hydrogen-bond acceptors (Lipinski definition) is 4. The average molecular weight is 195 g/mol. The molecule has 0 unspecified atom stereocenters. The number of hydrazine groups is 1. The quantitative estimate of drug-likeness (QED) is 0.575. The van der Waals surface area contributed by atoms with Crippen LogP contribution in [-0.2, 0) is 0 Å². The van der Waals surface area contributed by atoms with Crippen LogP contribution in [0.3, 0.4) is 0 Å². The molecule has 3 nitrogen and oxygen atoms in total. The number of allylic oxidation sites excluding steroid dienone is 2. The summed E-state index contributed by atoms with van der Waals surface area (Å²) in [7, 11) is 0. The number of nitrogens with zero attached hydrogens (tertiary/aromatic N) is 1. The summed E-state index contributed by atoms with van der Waals surface area (Å²) < 4.78 is 0. The predicted molar refractivity (Wildman–Crippen MR) is 59.3 cm³/mol. The number of anilines is 1. The lowest BCUT2D eigenvalue weighted by Crippen LogP contribution is -2.05. The molecule has 0 aliphatic heterocycles. The van der Waals surface area contributed by atoms with Gasteiger partial charge in [-0.2, -0.15) is 0 Å². The molecule has 1 aromatic rings. The van der Waals surface area contributed by atoms with Crippen molar-refractivity contribution in [2.45, 2.75) is 13.8 Å². The molecule has 0 aromatic carbocycles. The molecule has 3 N–H and O–H groups in total. The van der Waals surface area contributed by atoms with Gasteiger partial charge in [0.2, 0.25) is 0 Å². The van der Waals surface area contributed by atoms with Gasteiger partial charge in [0.15, 0.2) is 5.13 Å². The Bertz CT molecular complexity index is 296. The second-order valence-corrected chi connectivity index (χ2v) is 3.44. The number of aromatic nitrogens is 1. The van der Waals surface area contributed by atoms with Crippen LogP contribution in [0.2, 0.25) is 0 Å². The van der Waals surface area contributed by atoms with Gasteiger partial charge < -0.3 is 0 Å². The molecular weight excluding hydrogens is 182 g/mol. The highest BCUT2D eigenvalue weighted by atomic mass is 32.1. The maximum absolute atomic E-state index is 5.27. The summed E-state index contributed by atoms with van der Waals surface area (Å²) in [6, 6.07) is 0. The van der Waals surface area contributed by atoms with E-state index < -0.39 is 0 Å². The van der Waals surface area contributed by atoms with Crippen LogP contribution in [0.1, 0.15) is 24.4 Å². The third-order valence-corrected chi connectivity index (χ3v) is 2.41. The van der Waals surface area contributed by atoms with Gasteiger partial charge in [0, 0.05) is 0 Å². The highest BCUT2D eigenvalue weighted by Gasteiger charge is 2.03. The molecule has 13 heavy (non-hydrogen) atoms. The van der Waals surface area contributed by atoms with Gasteiger partial charge in [-0.15, -0.1) is 0 Å². The van der Waals surface area contributed by atoms with E-state index >= 15 is 0 Å². The first-order chi connectivity index (χ1) is 6.31. The van der Waals surface area contributed by atoms with E-state index in [9.17, 15) is 0 Å². The Morgan fingerprint density at radius 3 is 2.54 bits per heavy atom. The van der Waals surface area contributed by atoms with E-state index in [0.717, 1.165) is 15.7 Å². The lowest BCUT2D eigenvalue weighted by atomic mass is 10.3. The number of thiazole rings is 1. The maximum Gasteiger partial charge on any atom is 0.198 e. The fourth-order valence-corrected chi connectivity index (χ4v) is 1.79. The van der Waals surface area contributed by atoms with Crippen LogP contribution >= 0.6 is 11.3 Å². The zero-order chi connectivity index (χ0) is 9.68. The maximum atomic E-state index is 5.27. The van der Waals surface area contributed by atoms with Gasteiger partial charge in [-0.1, -0.05) is 23.5 Å². The van der Waals surface area contributed by atoms with Crippen molar-refractivity contribution in [1.82, 2.24) is 4.98 Å². The summed E-state index contributed by atoms with van der Waals surface area (Å²) in [5.41, 5.74) is 3.50. The fourth-order valence-electron chi connectivity index (χ4n) is 0.954. The monoisotopic (exact) mass is 195 g/mol. The molecule has 0 saturated carbocycles. The molecule has 0 spiro atoms. The SMILES string of the molecule is C/C=C\c1nc(NN)sc1/C=C\C. The number of rotatable bonds is 3. The van der Waals surface area contributed by atoms with E-state index in [2.05, 4.69) is 10.4 Å². The first-order valence-corrected chi connectivity index (χ1v) is 4.86. The van der Waals surface area contributed by atoms with Crippen molar-refractivity contribution in [3.8, 4) is 0 Å². The Labute approximate surface area is 82.0 Å². The summed E-state index contributed by atoms with van der Waals surface area (Å²) in [6.07, 6.45) is 7.93. The molecule has 0 aliphatic rings. The van der Waals surface area contributed by atoms with E-state index in [1.54, 1.807) is 0 Å². The topological polar surface area (TPSA) is 50.9 Å². The molecule has 0 amide bonds. The molecular formula is C9H13N3S. The van der Waals surface area contributed by atoms with E-state index in [0.29, 0.717) is 0 Å². The van der Waals surface area contributed by atoms with Crippen LogP contribution in [0.4, 0.5) is 5.13 Å². The molecule has 0 bridgehead atoms. The minimum Gasteiger partial charge on any atom is -0.300 e. The van der Waals surface area contributed by atoms with Crippen molar-refractivity contribution >= 4 is 28.6 Å². The second-order valence-electron chi connectivity index (χ2n) is 2.41. The fraction of sp³-hybridized carbons (Fsp3) is 0.222. The summed E-state index contributed by atoms with van der Waals surface area (Å²) >= 11 is 1.54. The van der Waals surface area contributed by atoms with Crippen LogP contribution in [-0.4, -0.2) is 4.98 Å². The molecule has 70 valence electrons. The Morgan fingerprint density at radius 2 is 2.00 bits per heavy atom. The molecule has 0 aliphatic carbocycles. The first kappa shape index (κ1) is 9.95. The van der Waals surface area contributed by atoms with Gasteiger partial charge in [0.05, 0.1) is 10.6 Å². The molecule has 4 heteroatoms. The van der Waals surface area contributed by atoms with Gasteiger partial charge in [-0.25, -0.2) is 10.8 Å². The normalized spacial score (nSPS) is 11.6. The molecule has 0 radical (unpaired) electrons. The minimum atomic E-state index is 0.737. The number of hydrogen-bond donors (Lipinski definition) is 2. The zero-order valence-corrected chi connectivity index (χ0v) is 8.56. The molecule has 1 aromatic heterocycles. The van der Waals surface area contributed by atoms with Crippen LogP contribution in [0.5, 0.6) is 0 Å². The Balaban J connectivity index is 3.07. The third-order valence-electron chi connectivity index (χ3n) is 1.45. The largest absolute Gasteiger partial charge is 0.300 e. The van der Waals surface area contributed by atoms with Crippen LogP contribution in [0.15, 0.2) is 12.2 Å². The number of nitrogen functional groups attached to an aromatic ring is 1. The molecule has 0 atom stereocenters. The minimum absolute atomic E-state index is 0.737. The van der Waals surface area contributed by atoms with Crippen LogP contribution in [0.25, 0.3) is 12.2 Å². The van der Waals surface area contributed by atoms with E-state index in [-0.39, 0.29) is 0 Å². The first-order valence-electron chi connectivity index (χ1n) is 4.04. The number of nitrogens with one attached hydrogen (secondary N) is 1. The van der Waals surface area contributed by atoms with Gasteiger partial charge in [0.1, 0.15) is 0 Å². The molecule has 0 saturated heterocycles. The van der Waals surface area contributed by atoms with Crippen LogP contribution < -0.4 is 11.3 Å². The zero-order valence-electron chi connectivity index (χ0n) is 7.74. The van der Waals surface area contributed by atoms with E-state index in [1.807, 2.05) is 38.2 Å². The Kier molecular flexibility index (Phi) is 3.67. The van der Waals surface area contributed by atoms with Crippen molar-refractivity contribution in [1.29, 1.82) is 0 Å². The highest BCUT2D eigenvalue weighted by Crippen LogP contribution is 2.24. The number of nitrogens with two attached hydrogens (primary N) is 1. The summed E-state index contributed by atoms with van der Waals surface area (Å²) in [6.45, 7) is 3.95. The van der Waals surface area contributed by atoms with Crippen molar-refractivity contribution in [2.75, 3.05) is 5.43 Å². The van der Waals surface area contributed by atoms with E-state index in [1.165, 1.54) is 11.3 Å². The predicted octanol–water partition coefficient (Wildman–Crippen LogP) is 2.49. The van der Waals surface area contributed by atoms with Gasteiger partial charge >= 0.3 is 0 Å². The highest BCUT2D eigenvalue weighted by molar-refractivity contribution is 7.16. The molecule has 0 fully saturated rings.